The number of rotatable bonds is 4. The van der Waals surface area contributed by atoms with Gasteiger partial charge in [-0.3, -0.25) is 9.36 Å². The fourth-order valence-electron chi connectivity index (χ4n) is 0.327. The van der Waals surface area contributed by atoms with Gasteiger partial charge >= 0.3 is 35.5 Å². The molecule has 0 saturated carbocycles. The molecular weight excluding hydrogens is 194 g/mol. The molecule has 0 spiro atoms. The van der Waals surface area contributed by atoms with Gasteiger partial charge in [0.25, 0.3) is 0 Å². The Balaban J connectivity index is -0.000000405. The van der Waals surface area contributed by atoms with Crippen LogP contribution in [0.1, 0.15) is 13.8 Å². The van der Waals surface area contributed by atoms with Crippen molar-refractivity contribution in [3.63, 3.8) is 0 Å². The molecule has 12 heavy (non-hydrogen) atoms. The van der Waals surface area contributed by atoms with E-state index in [1.54, 1.807) is 0 Å². The summed E-state index contributed by atoms with van der Waals surface area (Å²) < 4.78 is 9.97. The summed E-state index contributed by atoms with van der Waals surface area (Å²) in [5.74, 6) is -2.57. The minimum atomic E-state index is -2.70. The predicted octanol–water partition coefficient (Wildman–Crippen LogP) is -0.515. The second-order valence-corrected chi connectivity index (χ2v) is 2.91. The van der Waals surface area contributed by atoms with E-state index >= 15 is 0 Å². The molecule has 68 valence electrons. The van der Waals surface area contributed by atoms with Crippen molar-refractivity contribution in [3.8, 4) is 0 Å². The summed E-state index contributed by atoms with van der Waals surface area (Å²) in [6.45, 7) is 0. The Hall–Kier alpha value is 0.330. The fourth-order valence-corrected chi connectivity index (χ4v) is 0.768. The number of aliphatic carboxylic acids is 1. The van der Waals surface area contributed by atoms with Crippen molar-refractivity contribution < 1.29 is 24.2 Å². The summed E-state index contributed by atoms with van der Waals surface area (Å²) in [6, 6.07) is 0. The van der Waals surface area contributed by atoms with E-state index in [0.717, 1.165) is 0 Å². The first-order valence-electron chi connectivity index (χ1n) is 2.52. The van der Waals surface area contributed by atoms with Gasteiger partial charge in [-0.1, -0.05) is 7.43 Å². The van der Waals surface area contributed by atoms with Crippen LogP contribution in [0.25, 0.3) is 0 Å². The molecule has 1 atom stereocenters. The summed E-state index contributed by atoms with van der Waals surface area (Å²) in [7, 11) is -2.70. The van der Waals surface area contributed by atoms with Crippen molar-refractivity contribution in [3.05, 3.63) is 0 Å². The molecular formula is C5H12NaO5P. The van der Waals surface area contributed by atoms with Crippen LogP contribution in [0.15, 0.2) is 0 Å². The SMILES string of the molecule is C.O=C(O)C(=O)CC[PH](=O)O.[NaH]. The molecule has 0 aromatic carbocycles. The van der Waals surface area contributed by atoms with Gasteiger partial charge in [0.2, 0.25) is 5.78 Å². The zero-order valence-corrected chi connectivity index (χ0v) is 6.03. The van der Waals surface area contributed by atoms with Gasteiger partial charge in [-0.2, -0.15) is 0 Å². The quantitative estimate of drug-likeness (QED) is 0.367. The molecule has 2 N–H and O–H groups in total. The van der Waals surface area contributed by atoms with Crippen molar-refractivity contribution >= 4 is 49.3 Å². The third-order valence-electron chi connectivity index (χ3n) is 0.804. The van der Waals surface area contributed by atoms with Gasteiger partial charge in [0, 0.05) is 12.6 Å². The Labute approximate surface area is 93.3 Å². The van der Waals surface area contributed by atoms with E-state index in [9.17, 15) is 14.2 Å². The number of hydrogen-bond acceptors (Lipinski definition) is 3. The average molecular weight is 206 g/mol. The first-order chi connectivity index (χ1) is 4.54. The predicted molar refractivity (Wildman–Crippen MR) is 47.2 cm³/mol. The van der Waals surface area contributed by atoms with Crippen LogP contribution in [-0.4, -0.2) is 57.5 Å². The molecule has 0 fully saturated rings. The van der Waals surface area contributed by atoms with Gasteiger partial charge in [0.15, 0.2) is 8.03 Å². The molecule has 0 aromatic rings. The molecule has 0 aliphatic heterocycles. The van der Waals surface area contributed by atoms with Gasteiger partial charge in [0.1, 0.15) is 0 Å². The second-order valence-electron chi connectivity index (χ2n) is 1.62. The standard InChI is InChI=1S/C4H7O5P.CH4.Na.H/c5-3(4(6)7)1-2-10(8)9;;;/h10H,1-2H2,(H,6,7)(H,8,9);1H4;;. The number of carboxylic acids is 1. The Bertz CT molecular complexity index is 181. The third-order valence-corrected chi connectivity index (χ3v) is 1.48. The molecule has 0 aromatic heterocycles. The van der Waals surface area contributed by atoms with Gasteiger partial charge in [-0.05, 0) is 0 Å². The van der Waals surface area contributed by atoms with Crippen LogP contribution in [0.4, 0.5) is 0 Å². The summed E-state index contributed by atoms with van der Waals surface area (Å²) in [4.78, 5) is 28.2. The number of Topliss-reactive ketones (excluding diaryl/α,β-unsaturated/α-hetero) is 1. The van der Waals surface area contributed by atoms with E-state index in [4.69, 9.17) is 10.00 Å². The zero-order chi connectivity index (χ0) is 8.15. The Morgan fingerprint density at radius 1 is 1.33 bits per heavy atom. The van der Waals surface area contributed by atoms with Crippen LogP contribution in [0.2, 0.25) is 0 Å². The van der Waals surface area contributed by atoms with Gasteiger partial charge in [-0.25, -0.2) is 4.79 Å². The van der Waals surface area contributed by atoms with Crippen molar-refractivity contribution in [1.29, 1.82) is 0 Å². The first-order valence-corrected chi connectivity index (χ1v) is 4.08. The molecule has 0 bridgehead atoms. The Morgan fingerprint density at radius 3 is 2.00 bits per heavy atom. The van der Waals surface area contributed by atoms with Gasteiger partial charge < -0.3 is 10.00 Å². The molecule has 5 nitrogen and oxygen atoms in total. The minimum absolute atomic E-state index is 0. The van der Waals surface area contributed by atoms with Crippen molar-refractivity contribution in [2.75, 3.05) is 6.16 Å². The molecule has 0 aliphatic rings. The van der Waals surface area contributed by atoms with Crippen LogP contribution in [0, 0.1) is 0 Å². The Kier molecular flexibility index (Phi) is 14.3. The Morgan fingerprint density at radius 2 is 1.75 bits per heavy atom. The molecule has 0 rings (SSSR count). The van der Waals surface area contributed by atoms with Crippen LogP contribution in [0.5, 0.6) is 0 Å². The van der Waals surface area contributed by atoms with Crippen LogP contribution < -0.4 is 0 Å². The molecule has 0 amide bonds. The maximum atomic E-state index is 10.2. The average Bonchev–Trinajstić information content (AvgIpc) is 1.82. The van der Waals surface area contributed by atoms with Crippen molar-refractivity contribution in [2.45, 2.75) is 13.8 Å². The molecule has 0 saturated heterocycles. The summed E-state index contributed by atoms with van der Waals surface area (Å²) in [5, 5.41) is 7.97. The molecule has 1 unspecified atom stereocenters. The monoisotopic (exact) mass is 206 g/mol. The third kappa shape index (κ3) is 10.3. The van der Waals surface area contributed by atoms with E-state index < -0.39 is 19.8 Å². The molecule has 0 radical (unpaired) electrons. The molecule has 0 aliphatic carbocycles. The molecule has 7 heteroatoms. The second kappa shape index (κ2) is 9.42. The fraction of sp³-hybridized carbons (Fsp3) is 0.600. The first kappa shape index (κ1) is 18.2. The topological polar surface area (TPSA) is 91.7 Å². The van der Waals surface area contributed by atoms with E-state index in [1.807, 2.05) is 0 Å². The zero-order valence-electron chi connectivity index (χ0n) is 5.03. The number of carboxylic acid groups (broad SMARTS) is 1. The van der Waals surface area contributed by atoms with Crippen molar-refractivity contribution in [1.82, 2.24) is 0 Å². The van der Waals surface area contributed by atoms with Crippen LogP contribution >= 0.6 is 8.03 Å². The number of ketones is 1. The summed E-state index contributed by atoms with van der Waals surface area (Å²) >= 11 is 0. The van der Waals surface area contributed by atoms with Gasteiger partial charge in [-0.15, -0.1) is 0 Å². The maximum absolute atomic E-state index is 10.2. The normalized spacial score (nSPS) is 10.4. The number of carbonyl (C=O) groups is 2. The van der Waals surface area contributed by atoms with Crippen LogP contribution in [0.3, 0.4) is 0 Å². The van der Waals surface area contributed by atoms with Crippen LogP contribution in [-0.2, 0) is 14.2 Å². The number of hydrogen-bond donors (Lipinski definition) is 2. The van der Waals surface area contributed by atoms with E-state index in [0.29, 0.717) is 0 Å². The van der Waals surface area contributed by atoms with Gasteiger partial charge in [0.05, 0.1) is 0 Å². The number of carbonyl (C=O) groups excluding carboxylic acids is 1. The van der Waals surface area contributed by atoms with Crippen molar-refractivity contribution in [2.24, 2.45) is 0 Å². The summed E-state index contributed by atoms with van der Waals surface area (Å²) in [6.07, 6.45) is -0.598. The van der Waals surface area contributed by atoms with E-state index in [1.165, 1.54) is 0 Å². The van der Waals surface area contributed by atoms with E-state index in [-0.39, 0.29) is 49.6 Å². The molecule has 0 heterocycles. The van der Waals surface area contributed by atoms with E-state index in [2.05, 4.69) is 0 Å². The summed E-state index contributed by atoms with van der Waals surface area (Å²) in [5.41, 5.74) is 0.